The van der Waals surface area contributed by atoms with Crippen LogP contribution in [0.2, 0.25) is 0 Å². The molecular formula is C15H18N2O4. The first-order valence-corrected chi connectivity index (χ1v) is 6.73. The fraction of sp³-hybridized carbons (Fsp3) is 0.400. The molecule has 1 aromatic carbocycles. The minimum Gasteiger partial charge on any atom is -0.481 e. The SMILES string of the molecule is CC(C)(CNC(=O)CCc1nc2ccccc2o1)C(=O)O. The second kappa shape index (κ2) is 5.95. The number of nitrogens with one attached hydrogen (secondary N) is 1. The normalized spacial score (nSPS) is 11.5. The molecule has 0 aliphatic carbocycles. The summed E-state index contributed by atoms with van der Waals surface area (Å²) in [5.41, 5.74) is 0.479. The second-order valence-electron chi connectivity index (χ2n) is 5.54. The Kier molecular flexibility index (Phi) is 4.26. The van der Waals surface area contributed by atoms with Crippen molar-refractivity contribution >= 4 is 23.0 Å². The molecule has 6 heteroatoms. The maximum Gasteiger partial charge on any atom is 0.310 e. The van der Waals surface area contributed by atoms with Crippen molar-refractivity contribution in [3.8, 4) is 0 Å². The number of hydrogen-bond acceptors (Lipinski definition) is 4. The number of carbonyl (C=O) groups excluding carboxylic acids is 1. The van der Waals surface area contributed by atoms with Crippen LogP contribution in [0.15, 0.2) is 28.7 Å². The molecule has 0 saturated carbocycles. The van der Waals surface area contributed by atoms with Crippen LogP contribution in [0, 0.1) is 5.41 Å². The third-order valence-corrected chi connectivity index (χ3v) is 3.21. The van der Waals surface area contributed by atoms with Crippen molar-refractivity contribution in [2.75, 3.05) is 6.54 Å². The average Bonchev–Trinajstić information content (AvgIpc) is 2.85. The topological polar surface area (TPSA) is 92.4 Å². The lowest BCUT2D eigenvalue weighted by Crippen LogP contribution is -2.38. The fourth-order valence-corrected chi connectivity index (χ4v) is 1.73. The maximum atomic E-state index is 11.7. The molecule has 1 heterocycles. The van der Waals surface area contributed by atoms with Crippen molar-refractivity contribution in [1.82, 2.24) is 10.3 Å². The van der Waals surface area contributed by atoms with Crippen LogP contribution in [-0.4, -0.2) is 28.5 Å². The third kappa shape index (κ3) is 3.81. The molecule has 0 unspecified atom stereocenters. The predicted octanol–water partition coefficient (Wildman–Crippen LogP) is 1.99. The molecule has 0 bridgehead atoms. The van der Waals surface area contributed by atoms with Gasteiger partial charge in [-0.25, -0.2) is 4.98 Å². The molecule has 6 nitrogen and oxygen atoms in total. The third-order valence-electron chi connectivity index (χ3n) is 3.21. The number of rotatable bonds is 6. The molecule has 1 amide bonds. The molecule has 0 aliphatic rings. The summed E-state index contributed by atoms with van der Waals surface area (Å²) in [4.78, 5) is 26.9. The molecule has 0 atom stereocenters. The van der Waals surface area contributed by atoms with Gasteiger partial charge in [-0.15, -0.1) is 0 Å². The van der Waals surface area contributed by atoms with Gasteiger partial charge in [0.15, 0.2) is 11.5 Å². The number of nitrogens with zero attached hydrogens (tertiary/aromatic N) is 1. The van der Waals surface area contributed by atoms with Crippen molar-refractivity contribution in [2.24, 2.45) is 5.41 Å². The highest BCUT2D eigenvalue weighted by Gasteiger charge is 2.27. The summed E-state index contributed by atoms with van der Waals surface area (Å²) in [5, 5.41) is 11.6. The minimum absolute atomic E-state index is 0.0920. The van der Waals surface area contributed by atoms with Gasteiger partial charge in [0, 0.05) is 19.4 Å². The molecule has 1 aromatic heterocycles. The van der Waals surface area contributed by atoms with E-state index in [9.17, 15) is 9.59 Å². The number of fused-ring (bicyclic) bond motifs is 1. The van der Waals surface area contributed by atoms with E-state index in [1.807, 2.05) is 24.3 Å². The molecule has 0 saturated heterocycles. The van der Waals surface area contributed by atoms with E-state index in [2.05, 4.69) is 10.3 Å². The Balaban J connectivity index is 1.85. The standard InChI is InChI=1S/C15H18N2O4/c1-15(2,14(19)20)9-16-12(18)7-8-13-17-10-5-3-4-6-11(10)21-13/h3-6H,7-9H2,1-2H3,(H,16,18)(H,19,20). The van der Waals surface area contributed by atoms with Crippen molar-refractivity contribution in [3.63, 3.8) is 0 Å². The number of carboxylic acids is 1. The first-order valence-electron chi connectivity index (χ1n) is 6.73. The van der Waals surface area contributed by atoms with E-state index in [0.29, 0.717) is 17.9 Å². The van der Waals surface area contributed by atoms with Crippen LogP contribution < -0.4 is 5.32 Å². The predicted molar refractivity (Wildman–Crippen MR) is 76.8 cm³/mol. The molecule has 0 spiro atoms. The van der Waals surface area contributed by atoms with E-state index in [-0.39, 0.29) is 18.9 Å². The number of aliphatic carboxylic acids is 1. The summed E-state index contributed by atoms with van der Waals surface area (Å²) in [6.45, 7) is 3.22. The van der Waals surface area contributed by atoms with Crippen molar-refractivity contribution in [2.45, 2.75) is 26.7 Å². The molecule has 2 rings (SSSR count). The number of para-hydroxylation sites is 2. The average molecular weight is 290 g/mol. The fourth-order valence-electron chi connectivity index (χ4n) is 1.73. The molecule has 2 aromatic rings. The lowest BCUT2D eigenvalue weighted by Gasteiger charge is -2.19. The lowest BCUT2D eigenvalue weighted by molar-refractivity contribution is -0.146. The van der Waals surface area contributed by atoms with Crippen molar-refractivity contribution in [3.05, 3.63) is 30.2 Å². The Labute approximate surface area is 122 Å². The first kappa shape index (κ1) is 15.0. The summed E-state index contributed by atoms with van der Waals surface area (Å²) in [7, 11) is 0. The number of aryl methyl sites for hydroxylation is 1. The number of aromatic nitrogens is 1. The Morgan fingerprint density at radius 1 is 1.33 bits per heavy atom. The van der Waals surface area contributed by atoms with Crippen LogP contribution in [0.3, 0.4) is 0 Å². The smallest absolute Gasteiger partial charge is 0.310 e. The van der Waals surface area contributed by atoms with Gasteiger partial charge in [-0.2, -0.15) is 0 Å². The van der Waals surface area contributed by atoms with Crippen molar-refractivity contribution < 1.29 is 19.1 Å². The van der Waals surface area contributed by atoms with Gasteiger partial charge in [-0.1, -0.05) is 12.1 Å². The zero-order valence-electron chi connectivity index (χ0n) is 12.0. The van der Waals surface area contributed by atoms with Gasteiger partial charge < -0.3 is 14.8 Å². The van der Waals surface area contributed by atoms with Crippen LogP contribution >= 0.6 is 0 Å². The van der Waals surface area contributed by atoms with E-state index in [4.69, 9.17) is 9.52 Å². The number of amides is 1. The van der Waals surface area contributed by atoms with E-state index in [1.165, 1.54) is 0 Å². The van der Waals surface area contributed by atoms with E-state index >= 15 is 0 Å². The molecule has 112 valence electrons. The molecule has 0 fully saturated rings. The van der Waals surface area contributed by atoms with Crippen LogP contribution in [-0.2, 0) is 16.0 Å². The number of carboxylic acid groups (broad SMARTS) is 1. The molecular weight excluding hydrogens is 272 g/mol. The lowest BCUT2D eigenvalue weighted by atomic mass is 9.94. The Bertz CT molecular complexity index is 627. The van der Waals surface area contributed by atoms with Crippen molar-refractivity contribution in [1.29, 1.82) is 0 Å². The summed E-state index contributed by atoms with van der Waals surface area (Å²) in [5.74, 6) is -0.655. The van der Waals surface area contributed by atoms with Gasteiger partial charge in [-0.3, -0.25) is 9.59 Å². The Morgan fingerprint density at radius 2 is 2.05 bits per heavy atom. The highest BCUT2D eigenvalue weighted by Crippen LogP contribution is 2.16. The zero-order valence-corrected chi connectivity index (χ0v) is 12.0. The molecule has 21 heavy (non-hydrogen) atoms. The van der Waals surface area contributed by atoms with Gasteiger partial charge in [0.1, 0.15) is 5.52 Å². The number of carbonyl (C=O) groups is 2. The van der Waals surface area contributed by atoms with Gasteiger partial charge in [0.2, 0.25) is 5.91 Å². The quantitative estimate of drug-likeness (QED) is 0.848. The summed E-state index contributed by atoms with van der Waals surface area (Å²) < 4.78 is 5.52. The molecule has 0 aliphatic heterocycles. The summed E-state index contributed by atoms with van der Waals surface area (Å²) in [6, 6.07) is 7.40. The van der Waals surface area contributed by atoms with Gasteiger partial charge in [0.25, 0.3) is 0 Å². The van der Waals surface area contributed by atoms with Gasteiger partial charge in [0.05, 0.1) is 5.41 Å². The minimum atomic E-state index is -0.979. The van der Waals surface area contributed by atoms with Crippen LogP contribution in [0.5, 0.6) is 0 Å². The number of hydrogen-bond donors (Lipinski definition) is 2. The second-order valence-corrected chi connectivity index (χ2v) is 5.54. The van der Waals surface area contributed by atoms with Crippen LogP contribution in [0.4, 0.5) is 0 Å². The molecule has 2 N–H and O–H groups in total. The largest absolute Gasteiger partial charge is 0.481 e. The summed E-state index contributed by atoms with van der Waals surface area (Å²) in [6.07, 6.45) is 0.594. The monoisotopic (exact) mass is 290 g/mol. The summed E-state index contributed by atoms with van der Waals surface area (Å²) >= 11 is 0. The highest BCUT2D eigenvalue weighted by molar-refractivity contribution is 5.79. The maximum absolute atomic E-state index is 11.7. The Hall–Kier alpha value is -2.37. The molecule has 0 radical (unpaired) electrons. The number of benzene rings is 1. The Morgan fingerprint density at radius 3 is 2.71 bits per heavy atom. The highest BCUT2D eigenvalue weighted by atomic mass is 16.4. The van der Waals surface area contributed by atoms with E-state index in [0.717, 1.165) is 5.52 Å². The van der Waals surface area contributed by atoms with E-state index < -0.39 is 11.4 Å². The van der Waals surface area contributed by atoms with Crippen LogP contribution in [0.25, 0.3) is 11.1 Å². The van der Waals surface area contributed by atoms with Gasteiger partial charge >= 0.3 is 5.97 Å². The first-order chi connectivity index (χ1) is 9.88. The zero-order chi connectivity index (χ0) is 15.5. The van der Waals surface area contributed by atoms with E-state index in [1.54, 1.807) is 13.8 Å². The number of oxazole rings is 1. The van der Waals surface area contributed by atoms with Crippen LogP contribution in [0.1, 0.15) is 26.2 Å². The van der Waals surface area contributed by atoms with Gasteiger partial charge in [-0.05, 0) is 26.0 Å².